The van der Waals surface area contributed by atoms with Gasteiger partial charge in [-0.25, -0.2) is 4.98 Å². The molecule has 5 heteroatoms. The fraction of sp³-hybridized carbons (Fsp3) is 0.0571. The van der Waals surface area contributed by atoms with E-state index in [1.54, 1.807) is 12.4 Å². The molecular weight excluding hydrogens is 490 g/mol. The van der Waals surface area contributed by atoms with Crippen molar-refractivity contribution in [2.45, 2.75) is 13.8 Å². The maximum atomic E-state index is 4.90. The minimum atomic E-state index is 0.813. The Morgan fingerprint density at radius 2 is 1.05 bits per heavy atom. The van der Waals surface area contributed by atoms with Gasteiger partial charge in [-0.1, -0.05) is 48.5 Å². The van der Waals surface area contributed by atoms with E-state index >= 15 is 0 Å². The monoisotopic (exact) mass is 515 g/mol. The van der Waals surface area contributed by atoms with Gasteiger partial charge in [-0.05, 0) is 90.7 Å². The first-order valence-electron chi connectivity index (χ1n) is 13.3. The molecule has 5 heterocycles. The highest BCUT2D eigenvalue weighted by Crippen LogP contribution is 2.35. The second-order valence-corrected chi connectivity index (χ2v) is 9.93. The molecule has 0 saturated heterocycles. The zero-order valence-electron chi connectivity index (χ0n) is 22.2. The van der Waals surface area contributed by atoms with Gasteiger partial charge in [-0.15, -0.1) is 0 Å². The van der Waals surface area contributed by atoms with Crippen molar-refractivity contribution in [3.63, 3.8) is 0 Å². The van der Waals surface area contributed by atoms with Crippen LogP contribution < -0.4 is 0 Å². The number of hydrogen-bond donors (Lipinski definition) is 0. The normalized spacial score (nSPS) is 11.2. The Hall–Kier alpha value is -5.29. The number of aromatic nitrogens is 5. The van der Waals surface area contributed by atoms with Gasteiger partial charge < -0.3 is 0 Å². The topological polar surface area (TPSA) is 64.5 Å². The van der Waals surface area contributed by atoms with Gasteiger partial charge in [0, 0.05) is 34.6 Å². The smallest absolute Gasteiger partial charge is 0.0974 e. The lowest BCUT2D eigenvalue weighted by Gasteiger charge is -2.13. The van der Waals surface area contributed by atoms with Gasteiger partial charge in [0.25, 0.3) is 0 Å². The molecule has 0 aliphatic heterocycles. The van der Waals surface area contributed by atoms with Crippen LogP contribution in [-0.4, -0.2) is 24.9 Å². The Morgan fingerprint density at radius 1 is 0.450 bits per heavy atom. The first-order valence-corrected chi connectivity index (χ1v) is 13.3. The highest BCUT2D eigenvalue weighted by Gasteiger charge is 2.13. The molecule has 7 aromatic rings. The van der Waals surface area contributed by atoms with Crippen LogP contribution in [0.25, 0.3) is 66.8 Å². The fourth-order valence-electron chi connectivity index (χ4n) is 5.13. The van der Waals surface area contributed by atoms with Crippen molar-refractivity contribution in [3.8, 4) is 45.0 Å². The summed E-state index contributed by atoms with van der Waals surface area (Å²) >= 11 is 0. The largest absolute Gasteiger partial charge is 0.255 e. The maximum Gasteiger partial charge on any atom is 0.0974 e. The average molecular weight is 516 g/mol. The maximum absolute atomic E-state index is 4.90. The number of aryl methyl sites for hydroxylation is 2. The first-order chi connectivity index (χ1) is 19.6. The molecule has 190 valence electrons. The molecule has 0 spiro atoms. The van der Waals surface area contributed by atoms with Crippen molar-refractivity contribution in [2.24, 2.45) is 0 Å². The molecule has 5 aromatic heterocycles. The van der Waals surface area contributed by atoms with Crippen molar-refractivity contribution in [3.05, 3.63) is 127 Å². The lowest BCUT2D eigenvalue weighted by Crippen LogP contribution is -1.94. The second-order valence-electron chi connectivity index (χ2n) is 9.93. The van der Waals surface area contributed by atoms with Gasteiger partial charge in [0.1, 0.15) is 0 Å². The van der Waals surface area contributed by atoms with E-state index in [1.165, 1.54) is 0 Å². The van der Waals surface area contributed by atoms with Crippen LogP contribution in [0, 0.1) is 13.8 Å². The number of nitrogens with zero attached hydrogens (tertiary/aromatic N) is 5. The molecule has 2 aromatic carbocycles. The molecule has 0 aliphatic carbocycles. The predicted octanol–water partition coefficient (Wildman–Crippen LogP) is 8.25. The van der Waals surface area contributed by atoms with Crippen molar-refractivity contribution < 1.29 is 0 Å². The van der Waals surface area contributed by atoms with E-state index in [2.05, 4.69) is 76.7 Å². The van der Waals surface area contributed by atoms with Crippen LogP contribution >= 0.6 is 0 Å². The molecule has 0 aliphatic rings. The molecule has 0 saturated carbocycles. The number of benzene rings is 2. The summed E-state index contributed by atoms with van der Waals surface area (Å²) < 4.78 is 0. The average Bonchev–Trinajstić information content (AvgIpc) is 3.01. The molecule has 0 N–H and O–H groups in total. The molecule has 0 fully saturated rings. The van der Waals surface area contributed by atoms with E-state index < -0.39 is 0 Å². The van der Waals surface area contributed by atoms with E-state index in [-0.39, 0.29) is 0 Å². The van der Waals surface area contributed by atoms with E-state index in [0.717, 1.165) is 78.2 Å². The summed E-state index contributed by atoms with van der Waals surface area (Å²) in [5.74, 6) is 0. The van der Waals surface area contributed by atoms with Crippen molar-refractivity contribution >= 4 is 21.8 Å². The van der Waals surface area contributed by atoms with Crippen molar-refractivity contribution in [1.29, 1.82) is 0 Å². The zero-order valence-corrected chi connectivity index (χ0v) is 22.2. The third-order valence-electron chi connectivity index (χ3n) is 7.12. The Bertz CT molecular complexity index is 1940. The molecule has 0 atom stereocenters. The molecule has 7 rings (SSSR count). The highest BCUT2D eigenvalue weighted by molar-refractivity contribution is 6.10. The number of pyridine rings is 5. The molecular formula is C35H25N5. The van der Waals surface area contributed by atoms with Crippen LogP contribution in [0.3, 0.4) is 0 Å². The van der Waals surface area contributed by atoms with Crippen molar-refractivity contribution in [1.82, 2.24) is 24.9 Å². The number of fused-ring (bicyclic) bond motifs is 3. The summed E-state index contributed by atoms with van der Waals surface area (Å²) in [5.41, 5.74) is 11.6. The van der Waals surface area contributed by atoms with E-state index in [4.69, 9.17) is 15.0 Å². The van der Waals surface area contributed by atoms with Gasteiger partial charge >= 0.3 is 0 Å². The summed E-state index contributed by atoms with van der Waals surface area (Å²) in [6, 6.07) is 35.3. The van der Waals surface area contributed by atoms with E-state index in [0.29, 0.717) is 0 Å². The summed E-state index contributed by atoms with van der Waals surface area (Å²) in [7, 11) is 0. The molecule has 40 heavy (non-hydrogen) atoms. The minimum Gasteiger partial charge on any atom is -0.255 e. The quantitative estimate of drug-likeness (QED) is 0.221. The summed E-state index contributed by atoms with van der Waals surface area (Å²) in [6.45, 7) is 4.04. The molecule has 5 nitrogen and oxygen atoms in total. The van der Waals surface area contributed by atoms with Gasteiger partial charge in [0.15, 0.2) is 0 Å². The zero-order chi connectivity index (χ0) is 27.1. The van der Waals surface area contributed by atoms with Crippen LogP contribution in [0.4, 0.5) is 0 Å². The molecule has 0 unspecified atom stereocenters. The van der Waals surface area contributed by atoms with Crippen LogP contribution in [0.1, 0.15) is 11.4 Å². The lowest BCUT2D eigenvalue weighted by molar-refractivity contribution is 1.22. The molecule has 0 amide bonds. The van der Waals surface area contributed by atoms with Crippen LogP contribution in [0.2, 0.25) is 0 Å². The first kappa shape index (κ1) is 23.8. The Kier molecular flexibility index (Phi) is 5.82. The third-order valence-corrected chi connectivity index (χ3v) is 7.12. The van der Waals surface area contributed by atoms with Gasteiger partial charge in [0.05, 0.1) is 33.8 Å². The highest BCUT2D eigenvalue weighted by atomic mass is 14.8. The van der Waals surface area contributed by atoms with Crippen molar-refractivity contribution in [2.75, 3.05) is 0 Å². The van der Waals surface area contributed by atoms with Gasteiger partial charge in [0.2, 0.25) is 0 Å². The van der Waals surface area contributed by atoms with Crippen LogP contribution in [0.15, 0.2) is 116 Å². The van der Waals surface area contributed by atoms with E-state index in [9.17, 15) is 0 Å². The van der Waals surface area contributed by atoms with E-state index in [1.807, 2.05) is 50.2 Å². The van der Waals surface area contributed by atoms with Crippen LogP contribution in [-0.2, 0) is 0 Å². The fourth-order valence-corrected chi connectivity index (χ4v) is 5.13. The van der Waals surface area contributed by atoms with Gasteiger partial charge in [-0.3, -0.25) is 19.9 Å². The summed E-state index contributed by atoms with van der Waals surface area (Å²) in [4.78, 5) is 23.7. The number of rotatable bonds is 4. The Labute approximate surface area is 232 Å². The predicted molar refractivity (Wildman–Crippen MR) is 162 cm³/mol. The Balaban J connectivity index is 1.36. The standard InChI is InChI=1S/C35H25N5/c1-22-9-11-26-19-29(28-16-10-23(2)39-35(28)34(26)38-22)25-14-12-24(13-15-25)27-20-32(30-7-3-5-17-36-30)40-33(21-27)31-8-4-6-18-37-31/h3-21H,1-2H3. The van der Waals surface area contributed by atoms with Crippen LogP contribution in [0.5, 0.6) is 0 Å². The minimum absolute atomic E-state index is 0.813. The number of hydrogen-bond acceptors (Lipinski definition) is 5. The summed E-state index contributed by atoms with van der Waals surface area (Å²) in [5, 5.41) is 2.19. The second kappa shape index (κ2) is 9.79. The summed E-state index contributed by atoms with van der Waals surface area (Å²) in [6.07, 6.45) is 3.58. The Morgan fingerprint density at radius 3 is 1.68 bits per heavy atom. The SMILES string of the molecule is Cc1ccc2cc(-c3ccc(-c4cc(-c5ccccn5)nc(-c5ccccn5)c4)cc3)c3ccc(C)nc3c2n1. The third kappa shape index (κ3) is 4.37. The molecule has 0 radical (unpaired) electrons. The molecule has 0 bridgehead atoms. The van der Waals surface area contributed by atoms with Gasteiger partial charge in [-0.2, -0.15) is 0 Å². The lowest BCUT2D eigenvalue weighted by atomic mass is 9.95.